The maximum absolute atomic E-state index is 12.3. The Bertz CT molecular complexity index is 731. The van der Waals surface area contributed by atoms with Gasteiger partial charge in [-0.05, 0) is 24.3 Å². The summed E-state index contributed by atoms with van der Waals surface area (Å²) >= 11 is 0. The maximum Gasteiger partial charge on any atom is 0.343 e. The number of carbonyl (C=O) groups is 1. The number of nitro benzene ring substituents is 1. The fourth-order valence-electron chi connectivity index (χ4n) is 2.00. The molecule has 0 aliphatic heterocycles. The van der Waals surface area contributed by atoms with Crippen molar-refractivity contribution in [2.24, 2.45) is 0 Å². The summed E-state index contributed by atoms with van der Waals surface area (Å²) in [5.41, 5.74) is 0.0884. The molecule has 0 aromatic heterocycles. The summed E-state index contributed by atoms with van der Waals surface area (Å²) in [6.45, 7) is 0. The van der Waals surface area contributed by atoms with Crippen molar-refractivity contribution < 1.29 is 28.7 Å². The third-order valence-corrected chi connectivity index (χ3v) is 3.16. The minimum Gasteiger partial charge on any atom is -0.493 e. The molecule has 0 saturated heterocycles. The van der Waals surface area contributed by atoms with Gasteiger partial charge in [0.05, 0.1) is 31.8 Å². The third-order valence-electron chi connectivity index (χ3n) is 3.16. The molecule has 0 saturated carbocycles. The number of esters is 1. The van der Waals surface area contributed by atoms with Gasteiger partial charge in [0.25, 0.3) is 5.69 Å². The minimum absolute atomic E-state index is 0.0948. The molecule has 126 valence electrons. The Labute approximate surface area is 137 Å². The lowest BCUT2D eigenvalue weighted by Crippen LogP contribution is -2.09. The van der Waals surface area contributed by atoms with Gasteiger partial charge >= 0.3 is 5.97 Å². The van der Waals surface area contributed by atoms with Crippen LogP contribution in [0, 0.1) is 10.1 Å². The Hall–Kier alpha value is -3.29. The Morgan fingerprint density at radius 3 is 1.92 bits per heavy atom. The van der Waals surface area contributed by atoms with E-state index in [0.717, 1.165) is 0 Å². The van der Waals surface area contributed by atoms with E-state index in [2.05, 4.69) is 0 Å². The topological polar surface area (TPSA) is 97.1 Å². The monoisotopic (exact) mass is 333 g/mol. The van der Waals surface area contributed by atoms with Gasteiger partial charge in [-0.2, -0.15) is 0 Å². The third kappa shape index (κ3) is 3.54. The van der Waals surface area contributed by atoms with E-state index in [-0.39, 0.29) is 17.0 Å². The van der Waals surface area contributed by atoms with Crippen molar-refractivity contribution in [1.82, 2.24) is 0 Å². The molecule has 2 aromatic rings. The van der Waals surface area contributed by atoms with Crippen molar-refractivity contribution >= 4 is 11.7 Å². The van der Waals surface area contributed by atoms with Crippen molar-refractivity contribution in [1.29, 1.82) is 0 Å². The number of hydrogen-bond donors (Lipinski definition) is 0. The predicted octanol–water partition coefficient (Wildman–Crippen LogP) is 2.84. The number of hydrogen-bond acceptors (Lipinski definition) is 7. The first-order chi connectivity index (χ1) is 11.5. The summed E-state index contributed by atoms with van der Waals surface area (Å²) in [6, 6.07) is 8.09. The molecule has 0 fully saturated rings. The summed E-state index contributed by atoms with van der Waals surface area (Å²) in [5, 5.41) is 10.6. The zero-order valence-electron chi connectivity index (χ0n) is 13.3. The molecule has 0 aliphatic rings. The molecule has 0 aliphatic carbocycles. The van der Waals surface area contributed by atoms with Gasteiger partial charge in [0.1, 0.15) is 5.75 Å². The first-order valence-electron chi connectivity index (χ1n) is 6.76. The lowest BCUT2D eigenvalue weighted by atomic mass is 10.2. The van der Waals surface area contributed by atoms with E-state index >= 15 is 0 Å². The Balaban J connectivity index is 2.27. The van der Waals surface area contributed by atoms with E-state index in [1.165, 1.54) is 57.7 Å². The molecule has 0 unspecified atom stereocenters. The number of nitrogens with zero attached hydrogens (tertiary/aromatic N) is 1. The maximum atomic E-state index is 12.3. The van der Waals surface area contributed by atoms with Crippen LogP contribution in [-0.2, 0) is 0 Å². The van der Waals surface area contributed by atoms with Crippen LogP contribution < -0.4 is 18.9 Å². The molecular formula is C16H15NO7. The largest absolute Gasteiger partial charge is 0.493 e. The number of carbonyl (C=O) groups excluding carboxylic acids is 1. The van der Waals surface area contributed by atoms with E-state index in [0.29, 0.717) is 17.2 Å². The first-order valence-corrected chi connectivity index (χ1v) is 6.76. The average Bonchev–Trinajstić information content (AvgIpc) is 2.60. The highest BCUT2D eigenvalue weighted by Gasteiger charge is 2.18. The summed E-state index contributed by atoms with van der Waals surface area (Å²) in [5.74, 6) is 0.495. The van der Waals surface area contributed by atoms with Crippen LogP contribution in [0.4, 0.5) is 5.69 Å². The van der Waals surface area contributed by atoms with Crippen LogP contribution in [0.25, 0.3) is 0 Å². The normalized spacial score (nSPS) is 9.96. The van der Waals surface area contributed by atoms with Crippen LogP contribution in [0.5, 0.6) is 23.0 Å². The molecule has 0 bridgehead atoms. The molecule has 8 heteroatoms. The highest BCUT2D eigenvalue weighted by atomic mass is 16.6. The van der Waals surface area contributed by atoms with Gasteiger partial charge in [-0.15, -0.1) is 0 Å². The molecule has 0 atom stereocenters. The predicted molar refractivity (Wildman–Crippen MR) is 84.2 cm³/mol. The van der Waals surface area contributed by atoms with Crippen molar-refractivity contribution in [2.45, 2.75) is 0 Å². The van der Waals surface area contributed by atoms with E-state index in [4.69, 9.17) is 18.9 Å². The number of rotatable bonds is 6. The van der Waals surface area contributed by atoms with E-state index in [1.807, 2.05) is 0 Å². The molecule has 0 N–H and O–H groups in total. The standard InChI is InChI=1S/C16H15NO7/c1-21-13-8-10(9-14(22-2)15(13)23-3)16(18)24-12-6-4-11(5-7-12)17(19)20/h4-9H,1-3H3. The van der Waals surface area contributed by atoms with Gasteiger partial charge in [0.2, 0.25) is 5.75 Å². The molecule has 0 radical (unpaired) electrons. The van der Waals surface area contributed by atoms with Gasteiger partial charge < -0.3 is 18.9 Å². The Morgan fingerprint density at radius 2 is 1.50 bits per heavy atom. The number of methoxy groups -OCH3 is 3. The van der Waals surface area contributed by atoms with E-state index < -0.39 is 10.9 Å². The minimum atomic E-state index is -0.664. The van der Waals surface area contributed by atoms with E-state index in [9.17, 15) is 14.9 Å². The van der Waals surface area contributed by atoms with Crippen LogP contribution in [0.2, 0.25) is 0 Å². The second kappa shape index (κ2) is 7.32. The second-order valence-corrected chi connectivity index (χ2v) is 4.55. The highest BCUT2D eigenvalue weighted by Crippen LogP contribution is 2.38. The SMILES string of the molecule is COc1cc(C(=O)Oc2ccc([N+](=O)[O-])cc2)cc(OC)c1OC. The van der Waals surface area contributed by atoms with Crippen LogP contribution in [0.1, 0.15) is 10.4 Å². The van der Waals surface area contributed by atoms with Crippen molar-refractivity contribution in [3.05, 3.63) is 52.1 Å². The zero-order chi connectivity index (χ0) is 17.7. The highest BCUT2D eigenvalue weighted by molar-refractivity contribution is 5.92. The van der Waals surface area contributed by atoms with Gasteiger partial charge in [-0.3, -0.25) is 10.1 Å². The molecule has 24 heavy (non-hydrogen) atoms. The molecule has 2 rings (SSSR count). The second-order valence-electron chi connectivity index (χ2n) is 4.55. The average molecular weight is 333 g/mol. The molecule has 8 nitrogen and oxygen atoms in total. The molecule has 0 amide bonds. The van der Waals surface area contributed by atoms with E-state index in [1.54, 1.807) is 0 Å². The molecule has 0 spiro atoms. The van der Waals surface area contributed by atoms with Crippen molar-refractivity contribution in [3.8, 4) is 23.0 Å². The lowest BCUT2D eigenvalue weighted by molar-refractivity contribution is -0.384. The summed E-state index contributed by atoms with van der Waals surface area (Å²) in [4.78, 5) is 22.3. The van der Waals surface area contributed by atoms with Crippen LogP contribution >= 0.6 is 0 Å². The lowest BCUT2D eigenvalue weighted by Gasteiger charge is -2.13. The van der Waals surface area contributed by atoms with Gasteiger partial charge in [-0.25, -0.2) is 4.79 Å². The quantitative estimate of drug-likeness (QED) is 0.347. The van der Waals surface area contributed by atoms with Gasteiger partial charge in [0.15, 0.2) is 11.5 Å². The first kappa shape index (κ1) is 17.1. The van der Waals surface area contributed by atoms with Crippen LogP contribution in [0.3, 0.4) is 0 Å². The van der Waals surface area contributed by atoms with Gasteiger partial charge in [-0.1, -0.05) is 0 Å². The fourth-order valence-corrected chi connectivity index (χ4v) is 2.00. The molecule has 2 aromatic carbocycles. The number of non-ortho nitro benzene ring substituents is 1. The summed E-state index contributed by atoms with van der Waals surface area (Å²) in [7, 11) is 4.32. The number of ether oxygens (including phenoxy) is 4. The van der Waals surface area contributed by atoms with Crippen molar-refractivity contribution in [2.75, 3.05) is 21.3 Å². The van der Waals surface area contributed by atoms with Gasteiger partial charge in [0, 0.05) is 12.1 Å². The number of nitro groups is 1. The fraction of sp³-hybridized carbons (Fsp3) is 0.188. The van der Waals surface area contributed by atoms with Crippen LogP contribution in [-0.4, -0.2) is 32.2 Å². The number of benzene rings is 2. The zero-order valence-corrected chi connectivity index (χ0v) is 13.3. The molecular weight excluding hydrogens is 318 g/mol. The smallest absolute Gasteiger partial charge is 0.343 e. The molecule has 0 heterocycles. The summed E-state index contributed by atoms with van der Waals surface area (Å²) in [6.07, 6.45) is 0. The summed E-state index contributed by atoms with van der Waals surface area (Å²) < 4.78 is 20.7. The van der Waals surface area contributed by atoms with Crippen molar-refractivity contribution in [3.63, 3.8) is 0 Å². The Kier molecular flexibility index (Phi) is 5.20. The Morgan fingerprint density at radius 1 is 0.958 bits per heavy atom. The van der Waals surface area contributed by atoms with Crippen LogP contribution in [0.15, 0.2) is 36.4 Å².